The van der Waals surface area contributed by atoms with E-state index in [0.29, 0.717) is 23.7 Å². The first kappa shape index (κ1) is 19.9. The summed E-state index contributed by atoms with van der Waals surface area (Å²) < 4.78 is 0. The highest BCUT2D eigenvalue weighted by Crippen LogP contribution is 2.38. The van der Waals surface area contributed by atoms with E-state index in [2.05, 4.69) is 5.32 Å². The Balaban J connectivity index is 1.75. The normalized spacial score (nSPS) is 20.1. The van der Waals surface area contributed by atoms with Gasteiger partial charge in [-0.15, -0.1) is 11.3 Å². The van der Waals surface area contributed by atoms with Crippen LogP contribution in [0.25, 0.3) is 0 Å². The van der Waals surface area contributed by atoms with Crippen molar-refractivity contribution in [1.29, 1.82) is 0 Å². The number of carbonyl (C=O) groups excluding carboxylic acids is 3. The van der Waals surface area contributed by atoms with Gasteiger partial charge in [0.2, 0.25) is 11.8 Å². The number of rotatable bonds is 3. The molecule has 1 aromatic heterocycles. The highest BCUT2D eigenvalue weighted by Gasteiger charge is 2.34. The lowest BCUT2D eigenvalue weighted by atomic mass is 9.91. The fourth-order valence-corrected chi connectivity index (χ4v) is 5.28. The van der Waals surface area contributed by atoms with Gasteiger partial charge in [-0.1, -0.05) is 20.8 Å². The summed E-state index contributed by atoms with van der Waals surface area (Å²) in [4.78, 5) is 40.4. The van der Waals surface area contributed by atoms with Crippen LogP contribution in [0.1, 0.15) is 67.3 Å². The highest BCUT2D eigenvalue weighted by molar-refractivity contribution is 7.17. The minimum Gasteiger partial charge on any atom is -0.365 e. The van der Waals surface area contributed by atoms with Crippen LogP contribution in [-0.2, 0) is 22.4 Å². The van der Waals surface area contributed by atoms with E-state index < -0.39 is 11.3 Å². The number of nitrogens with one attached hydrogen (secondary N) is 1. The fraction of sp³-hybridized carbons (Fsp3) is 0.650. The number of nitrogens with two attached hydrogens (primary N) is 1. The van der Waals surface area contributed by atoms with Crippen molar-refractivity contribution < 1.29 is 14.4 Å². The third kappa shape index (κ3) is 4.18. The molecule has 3 N–H and O–H groups in total. The van der Waals surface area contributed by atoms with Crippen LogP contribution in [0.3, 0.4) is 0 Å². The summed E-state index contributed by atoms with van der Waals surface area (Å²) in [6, 6.07) is 0. The number of hydrogen-bond donors (Lipinski definition) is 2. The number of primary amides is 1. The Labute approximate surface area is 164 Å². The summed E-state index contributed by atoms with van der Waals surface area (Å²) in [6.45, 7) is 6.82. The van der Waals surface area contributed by atoms with Crippen LogP contribution in [0.2, 0.25) is 0 Å². The van der Waals surface area contributed by atoms with Gasteiger partial charge in [0.15, 0.2) is 0 Å². The molecule has 2 aliphatic rings. The minimum atomic E-state index is -0.474. The van der Waals surface area contributed by atoms with Crippen LogP contribution in [-0.4, -0.2) is 35.7 Å². The van der Waals surface area contributed by atoms with Crippen molar-refractivity contribution in [3.05, 3.63) is 16.0 Å². The van der Waals surface area contributed by atoms with Crippen LogP contribution in [0, 0.1) is 11.3 Å². The number of thiophene rings is 1. The van der Waals surface area contributed by atoms with Crippen LogP contribution < -0.4 is 11.1 Å². The van der Waals surface area contributed by atoms with Crippen molar-refractivity contribution >= 4 is 34.1 Å². The molecule has 2 heterocycles. The molecule has 0 spiro atoms. The van der Waals surface area contributed by atoms with Gasteiger partial charge in [0.25, 0.3) is 5.91 Å². The number of aryl methyl sites for hydroxylation is 1. The summed E-state index contributed by atoms with van der Waals surface area (Å²) in [5.74, 6) is -0.783. The molecule has 148 valence electrons. The molecule has 27 heavy (non-hydrogen) atoms. The maximum Gasteiger partial charge on any atom is 0.251 e. The van der Waals surface area contributed by atoms with Crippen molar-refractivity contribution in [3.8, 4) is 0 Å². The van der Waals surface area contributed by atoms with Gasteiger partial charge < -0.3 is 16.0 Å². The Hall–Kier alpha value is -1.89. The molecule has 0 bridgehead atoms. The second-order valence-corrected chi connectivity index (χ2v) is 9.71. The second kappa shape index (κ2) is 7.62. The lowest BCUT2D eigenvalue weighted by molar-refractivity contribution is -0.142. The van der Waals surface area contributed by atoms with Gasteiger partial charge in [-0.2, -0.15) is 0 Å². The van der Waals surface area contributed by atoms with Gasteiger partial charge in [0, 0.05) is 23.4 Å². The van der Waals surface area contributed by atoms with E-state index in [4.69, 9.17) is 5.73 Å². The zero-order valence-corrected chi connectivity index (χ0v) is 17.2. The number of hydrogen-bond acceptors (Lipinski definition) is 4. The third-order valence-corrected chi connectivity index (χ3v) is 6.58. The van der Waals surface area contributed by atoms with Crippen LogP contribution in [0.5, 0.6) is 0 Å². The van der Waals surface area contributed by atoms with Gasteiger partial charge in [0.1, 0.15) is 5.00 Å². The molecule has 0 unspecified atom stereocenters. The second-order valence-electron chi connectivity index (χ2n) is 8.61. The lowest BCUT2D eigenvalue weighted by Gasteiger charge is -2.35. The molecule has 0 radical (unpaired) electrons. The van der Waals surface area contributed by atoms with Gasteiger partial charge in [-0.25, -0.2) is 0 Å². The van der Waals surface area contributed by atoms with Crippen LogP contribution >= 0.6 is 11.3 Å². The molecular weight excluding hydrogens is 362 g/mol. The molecule has 6 nitrogen and oxygen atoms in total. The van der Waals surface area contributed by atoms with Crippen molar-refractivity contribution in [1.82, 2.24) is 4.90 Å². The number of fused-ring (bicyclic) bond motifs is 1. The summed E-state index contributed by atoms with van der Waals surface area (Å²) in [6.07, 6.45) is 5.49. The van der Waals surface area contributed by atoms with E-state index in [9.17, 15) is 14.4 Å². The molecule has 1 aliphatic carbocycles. The van der Waals surface area contributed by atoms with E-state index in [1.54, 1.807) is 4.90 Å². The molecule has 1 aromatic rings. The Kier molecular flexibility index (Phi) is 5.60. The number of amides is 3. The predicted molar refractivity (Wildman–Crippen MR) is 107 cm³/mol. The number of likely N-dealkylation sites (tertiary alicyclic amines) is 1. The zero-order chi connectivity index (χ0) is 19.8. The molecule has 1 aliphatic heterocycles. The predicted octanol–water partition coefficient (Wildman–Crippen LogP) is 2.95. The Morgan fingerprint density at radius 2 is 1.85 bits per heavy atom. The number of carbonyl (C=O) groups is 3. The summed E-state index contributed by atoms with van der Waals surface area (Å²) in [5, 5.41) is 3.54. The summed E-state index contributed by atoms with van der Waals surface area (Å²) in [5.41, 5.74) is 6.66. The average molecular weight is 392 g/mol. The average Bonchev–Trinajstić information content (AvgIpc) is 2.98. The molecule has 1 fully saturated rings. The molecular formula is C20H29N3O3S. The minimum absolute atomic E-state index is 0.0735. The van der Waals surface area contributed by atoms with Crippen molar-refractivity contribution in [3.63, 3.8) is 0 Å². The zero-order valence-electron chi connectivity index (χ0n) is 16.4. The number of piperidine rings is 1. The number of nitrogens with zero attached hydrogens (tertiary/aromatic N) is 1. The van der Waals surface area contributed by atoms with Crippen molar-refractivity contribution in [2.24, 2.45) is 17.1 Å². The highest BCUT2D eigenvalue weighted by atomic mass is 32.1. The molecule has 1 saturated heterocycles. The molecule has 3 rings (SSSR count). The summed E-state index contributed by atoms with van der Waals surface area (Å²) >= 11 is 1.48. The topological polar surface area (TPSA) is 92.5 Å². The molecule has 3 amide bonds. The smallest absolute Gasteiger partial charge is 0.251 e. The van der Waals surface area contributed by atoms with Crippen molar-refractivity contribution in [2.75, 3.05) is 18.4 Å². The summed E-state index contributed by atoms with van der Waals surface area (Å²) in [7, 11) is 0. The van der Waals surface area contributed by atoms with Crippen LogP contribution in [0.4, 0.5) is 5.00 Å². The van der Waals surface area contributed by atoms with Gasteiger partial charge in [0.05, 0.1) is 11.5 Å². The standard InChI is InChI=1S/C20H29N3O3S/c1-20(2,3)19(26)23-10-6-7-12(11-23)17(25)22-18-15(16(21)24)13-8-4-5-9-14(13)27-18/h12H,4-11H2,1-3H3,(H2,21,24)(H,22,25)/t12-/m0/s1. The lowest BCUT2D eigenvalue weighted by Crippen LogP contribution is -2.47. The monoisotopic (exact) mass is 391 g/mol. The largest absolute Gasteiger partial charge is 0.365 e. The first-order valence-corrected chi connectivity index (χ1v) is 10.5. The van der Waals surface area contributed by atoms with Gasteiger partial charge in [-0.3, -0.25) is 14.4 Å². The molecule has 7 heteroatoms. The SMILES string of the molecule is CC(C)(C)C(=O)N1CCC[C@H](C(=O)Nc2sc3c(c2C(N)=O)CCCC3)C1. The van der Waals surface area contributed by atoms with Crippen LogP contribution in [0.15, 0.2) is 0 Å². The molecule has 0 aromatic carbocycles. The molecule has 0 saturated carbocycles. The van der Waals surface area contributed by atoms with E-state index in [0.717, 1.165) is 44.1 Å². The Bertz CT molecular complexity index is 763. The maximum absolute atomic E-state index is 12.9. The first-order chi connectivity index (χ1) is 12.7. The molecule has 1 atom stereocenters. The van der Waals surface area contributed by atoms with Gasteiger partial charge in [-0.05, 0) is 44.1 Å². The van der Waals surface area contributed by atoms with E-state index in [1.807, 2.05) is 20.8 Å². The quantitative estimate of drug-likeness (QED) is 0.830. The maximum atomic E-state index is 12.9. The van der Waals surface area contributed by atoms with Crippen molar-refractivity contribution in [2.45, 2.75) is 59.3 Å². The van der Waals surface area contributed by atoms with E-state index in [1.165, 1.54) is 16.2 Å². The van der Waals surface area contributed by atoms with Gasteiger partial charge >= 0.3 is 0 Å². The Morgan fingerprint density at radius 1 is 1.15 bits per heavy atom. The first-order valence-electron chi connectivity index (χ1n) is 9.73. The van der Waals surface area contributed by atoms with E-state index >= 15 is 0 Å². The Morgan fingerprint density at radius 3 is 2.52 bits per heavy atom. The number of anilines is 1. The van der Waals surface area contributed by atoms with E-state index in [-0.39, 0.29) is 17.7 Å². The third-order valence-electron chi connectivity index (χ3n) is 5.38. The fourth-order valence-electron chi connectivity index (χ4n) is 3.98.